The van der Waals surface area contributed by atoms with Crippen molar-refractivity contribution in [2.24, 2.45) is 0 Å². The Morgan fingerprint density at radius 3 is 2.72 bits per heavy atom. The summed E-state index contributed by atoms with van der Waals surface area (Å²) in [5, 5.41) is 8.81. The number of hydrogen-bond acceptors (Lipinski definition) is 7. The summed E-state index contributed by atoms with van der Waals surface area (Å²) in [5.41, 5.74) is 1.36. The van der Waals surface area contributed by atoms with Crippen LogP contribution in [0, 0.1) is 13.8 Å². The summed E-state index contributed by atoms with van der Waals surface area (Å²) in [4.78, 5) is 14.5. The van der Waals surface area contributed by atoms with E-state index < -0.39 is 6.61 Å². The fourth-order valence-corrected chi connectivity index (χ4v) is 3.14. The zero-order chi connectivity index (χ0) is 21.1. The summed E-state index contributed by atoms with van der Waals surface area (Å²) in [6.45, 7) is 3.30. The van der Waals surface area contributed by atoms with Crippen molar-refractivity contribution in [1.29, 1.82) is 0 Å². The van der Waals surface area contributed by atoms with Gasteiger partial charge in [0.2, 0.25) is 0 Å². The van der Waals surface area contributed by atoms with Crippen LogP contribution >= 0.6 is 0 Å². The molecule has 0 aliphatic heterocycles. The molecule has 3 rings (SSSR count). The molecule has 0 amide bonds. The molecule has 0 N–H and O–H groups in total. The SMILES string of the molecule is CCOc1cc(CN(C)Cn2nc(C)c3c(C)onc3c2=O)ccc1OC(F)F. The van der Waals surface area contributed by atoms with E-state index in [0.29, 0.717) is 30.0 Å². The van der Waals surface area contributed by atoms with E-state index in [1.54, 1.807) is 32.9 Å². The molecule has 0 spiro atoms. The molecule has 0 atom stereocenters. The maximum absolute atomic E-state index is 12.6. The van der Waals surface area contributed by atoms with Gasteiger partial charge in [-0.3, -0.25) is 9.69 Å². The van der Waals surface area contributed by atoms with Crippen molar-refractivity contribution in [1.82, 2.24) is 19.8 Å². The molecule has 2 aromatic heterocycles. The third-order valence-corrected chi connectivity index (χ3v) is 4.28. The van der Waals surface area contributed by atoms with E-state index >= 15 is 0 Å². The number of hydrogen-bond donors (Lipinski definition) is 0. The highest BCUT2D eigenvalue weighted by Gasteiger charge is 2.16. The highest BCUT2D eigenvalue weighted by atomic mass is 19.3. The Bertz CT molecular complexity index is 1060. The van der Waals surface area contributed by atoms with Crippen LogP contribution < -0.4 is 15.0 Å². The summed E-state index contributed by atoms with van der Waals surface area (Å²) in [5.74, 6) is 0.773. The van der Waals surface area contributed by atoms with Crippen molar-refractivity contribution >= 4 is 10.9 Å². The van der Waals surface area contributed by atoms with Crippen molar-refractivity contribution in [3.63, 3.8) is 0 Å². The number of halogens is 2. The van der Waals surface area contributed by atoms with Crippen LogP contribution in [-0.4, -0.2) is 40.1 Å². The molecule has 3 aromatic rings. The molecule has 10 heteroatoms. The number of fused-ring (bicyclic) bond motifs is 1. The predicted octanol–water partition coefficient (Wildman–Crippen LogP) is 3.09. The highest BCUT2D eigenvalue weighted by Crippen LogP contribution is 2.30. The molecule has 0 bridgehead atoms. The fraction of sp³-hybridized carbons (Fsp3) is 0.421. The van der Waals surface area contributed by atoms with Crippen LogP contribution in [0.4, 0.5) is 8.78 Å². The van der Waals surface area contributed by atoms with Gasteiger partial charge in [-0.05, 0) is 45.5 Å². The van der Waals surface area contributed by atoms with Gasteiger partial charge in [-0.1, -0.05) is 11.2 Å². The van der Waals surface area contributed by atoms with Gasteiger partial charge in [-0.25, -0.2) is 4.68 Å². The Balaban J connectivity index is 1.79. The van der Waals surface area contributed by atoms with E-state index in [-0.39, 0.29) is 29.2 Å². The zero-order valence-electron chi connectivity index (χ0n) is 16.6. The number of nitrogens with zero attached hydrogens (tertiary/aromatic N) is 4. The molecular formula is C19H22F2N4O4. The quantitative estimate of drug-likeness (QED) is 0.566. The Morgan fingerprint density at radius 1 is 1.28 bits per heavy atom. The Hall–Kier alpha value is -3.01. The zero-order valence-corrected chi connectivity index (χ0v) is 16.6. The third-order valence-electron chi connectivity index (χ3n) is 4.28. The average Bonchev–Trinajstić information content (AvgIpc) is 3.04. The molecule has 0 saturated carbocycles. The van der Waals surface area contributed by atoms with Crippen molar-refractivity contribution in [3.8, 4) is 11.5 Å². The second-order valence-electron chi connectivity index (χ2n) is 6.60. The minimum absolute atomic E-state index is 0.0198. The van der Waals surface area contributed by atoms with Crippen molar-refractivity contribution in [2.75, 3.05) is 13.7 Å². The minimum Gasteiger partial charge on any atom is -0.490 e. The van der Waals surface area contributed by atoms with Crippen molar-refractivity contribution < 1.29 is 22.8 Å². The van der Waals surface area contributed by atoms with Gasteiger partial charge in [0.15, 0.2) is 17.0 Å². The average molecular weight is 408 g/mol. The molecular weight excluding hydrogens is 386 g/mol. The van der Waals surface area contributed by atoms with Crippen LogP contribution in [-0.2, 0) is 13.2 Å². The molecule has 2 heterocycles. The summed E-state index contributed by atoms with van der Waals surface area (Å²) in [6, 6.07) is 4.75. The topological polar surface area (TPSA) is 82.6 Å². The predicted molar refractivity (Wildman–Crippen MR) is 101 cm³/mol. The summed E-state index contributed by atoms with van der Waals surface area (Å²) < 4.78 is 41.4. The van der Waals surface area contributed by atoms with Gasteiger partial charge in [0.1, 0.15) is 5.76 Å². The lowest BCUT2D eigenvalue weighted by atomic mass is 10.2. The first-order valence-electron chi connectivity index (χ1n) is 9.03. The molecule has 29 heavy (non-hydrogen) atoms. The Kier molecular flexibility index (Phi) is 6.12. The second-order valence-corrected chi connectivity index (χ2v) is 6.60. The van der Waals surface area contributed by atoms with Crippen LogP contribution in [0.1, 0.15) is 23.9 Å². The first-order valence-corrected chi connectivity index (χ1v) is 9.03. The molecule has 0 aliphatic rings. The summed E-state index contributed by atoms with van der Waals surface area (Å²) in [6.07, 6.45) is 0. The minimum atomic E-state index is -2.93. The highest BCUT2D eigenvalue weighted by molar-refractivity contribution is 5.81. The number of aromatic nitrogens is 3. The van der Waals surface area contributed by atoms with Crippen LogP contribution in [0.5, 0.6) is 11.5 Å². The van der Waals surface area contributed by atoms with E-state index in [1.165, 1.54) is 10.7 Å². The first-order chi connectivity index (χ1) is 13.8. The largest absolute Gasteiger partial charge is 0.490 e. The van der Waals surface area contributed by atoms with Crippen LogP contribution in [0.25, 0.3) is 10.9 Å². The Labute approximate surface area is 165 Å². The van der Waals surface area contributed by atoms with Gasteiger partial charge in [0, 0.05) is 6.54 Å². The lowest BCUT2D eigenvalue weighted by Gasteiger charge is -2.19. The molecule has 1 aromatic carbocycles. The lowest BCUT2D eigenvalue weighted by molar-refractivity contribution is -0.0514. The normalized spacial score (nSPS) is 11.6. The molecule has 0 aliphatic carbocycles. The monoisotopic (exact) mass is 408 g/mol. The van der Waals surface area contributed by atoms with Gasteiger partial charge >= 0.3 is 6.61 Å². The second kappa shape index (κ2) is 8.56. The van der Waals surface area contributed by atoms with Gasteiger partial charge in [-0.15, -0.1) is 0 Å². The fourth-order valence-electron chi connectivity index (χ4n) is 3.14. The number of aryl methyl sites for hydroxylation is 2. The van der Waals surface area contributed by atoms with Gasteiger partial charge < -0.3 is 14.0 Å². The lowest BCUT2D eigenvalue weighted by Crippen LogP contribution is -2.32. The number of alkyl halides is 2. The van der Waals surface area contributed by atoms with Crippen LogP contribution in [0.3, 0.4) is 0 Å². The van der Waals surface area contributed by atoms with Crippen molar-refractivity contribution in [3.05, 3.63) is 45.6 Å². The van der Waals surface area contributed by atoms with E-state index in [2.05, 4.69) is 15.0 Å². The van der Waals surface area contributed by atoms with Crippen LogP contribution in [0.2, 0.25) is 0 Å². The standard InChI is InChI=1S/C19H22F2N4O4/c1-5-27-15-8-13(6-7-14(15)28-19(20)21)9-24(4)10-25-18(26)17-16(11(2)22-25)12(3)29-23-17/h6-8,19H,5,9-10H2,1-4H3. The van der Waals surface area contributed by atoms with E-state index in [0.717, 1.165) is 5.56 Å². The van der Waals surface area contributed by atoms with Crippen LogP contribution in [0.15, 0.2) is 27.5 Å². The number of ether oxygens (including phenoxy) is 2. The van der Waals surface area contributed by atoms with Gasteiger partial charge in [-0.2, -0.15) is 13.9 Å². The summed E-state index contributed by atoms with van der Waals surface area (Å²) in [7, 11) is 1.81. The maximum Gasteiger partial charge on any atom is 0.387 e. The van der Waals surface area contributed by atoms with E-state index in [1.807, 2.05) is 11.9 Å². The van der Waals surface area contributed by atoms with E-state index in [4.69, 9.17) is 9.26 Å². The van der Waals surface area contributed by atoms with Crippen molar-refractivity contribution in [2.45, 2.75) is 40.6 Å². The maximum atomic E-state index is 12.6. The number of benzene rings is 1. The molecule has 0 radical (unpaired) electrons. The Morgan fingerprint density at radius 2 is 2.03 bits per heavy atom. The molecule has 0 fully saturated rings. The van der Waals surface area contributed by atoms with E-state index in [9.17, 15) is 13.6 Å². The molecule has 8 nitrogen and oxygen atoms in total. The third kappa shape index (κ3) is 4.53. The molecule has 0 saturated heterocycles. The number of rotatable bonds is 8. The molecule has 0 unspecified atom stereocenters. The molecule has 156 valence electrons. The van der Waals surface area contributed by atoms with Gasteiger partial charge in [0.05, 0.1) is 24.4 Å². The summed E-state index contributed by atoms with van der Waals surface area (Å²) >= 11 is 0. The first kappa shape index (κ1) is 20.7. The smallest absolute Gasteiger partial charge is 0.387 e. The van der Waals surface area contributed by atoms with Gasteiger partial charge in [0.25, 0.3) is 5.56 Å².